The van der Waals surface area contributed by atoms with Gasteiger partial charge in [-0.15, -0.1) is 0 Å². The Hall–Kier alpha value is -3.52. The quantitative estimate of drug-likeness (QED) is 0.362. The van der Waals surface area contributed by atoms with Crippen LogP contribution in [0.15, 0.2) is 48.5 Å². The number of aromatic nitrogens is 1. The van der Waals surface area contributed by atoms with Crippen molar-refractivity contribution in [3.05, 3.63) is 82.1 Å². The fourth-order valence-corrected chi connectivity index (χ4v) is 5.00. The van der Waals surface area contributed by atoms with Crippen LogP contribution >= 0.6 is 0 Å². The van der Waals surface area contributed by atoms with Gasteiger partial charge in [0.2, 0.25) is 0 Å². The van der Waals surface area contributed by atoms with Crippen molar-refractivity contribution in [2.45, 2.75) is 51.2 Å². The summed E-state index contributed by atoms with van der Waals surface area (Å²) in [6, 6.07) is 13.4. The third-order valence-corrected chi connectivity index (χ3v) is 7.35. The molecule has 2 heterocycles. The summed E-state index contributed by atoms with van der Waals surface area (Å²) < 4.78 is 11.7. The number of ether oxygens (including phenoxy) is 2. The molecule has 1 aromatic heterocycles. The Kier molecular flexibility index (Phi) is 6.86. The van der Waals surface area contributed by atoms with Crippen LogP contribution in [-0.2, 0) is 17.6 Å². The number of allylic oxidation sites excluding steroid dienone is 1. The molecule has 2 aliphatic rings. The Morgan fingerprint density at radius 3 is 2.74 bits per heavy atom. The lowest BCUT2D eigenvalue weighted by molar-refractivity contribution is 0.0396. The molecule has 7 nitrogen and oxygen atoms in total. The maximum atomic E-state index is 13.3. The number of hydrogen-bond acceptors (Lipinski definition) is 7. The number of pyridine rings is 1. The number of carbonyl (C=O) groups excluding carboxylic acids is 1. The summed E-state index contributed by atoms with van der Waals surface area (Å²) in [6.07, 6.45) is 5.02. The van der Waals surface area contributed by atoms with Crippen LogP contribution in [-0.4, -0.2) is 40.8 Å². The average Bonchev–Trinajstić information content (AvgIpc) is 3.50. The summed E-state index contributed by atoms with van der Waals surface area (Å²) >= 11 is 0. The number of carbonyl (C=O) groups is 1. The van der Waals surface area contributed by atoms with Crippen LogP contribution in [0.4, 0.5) is 0 Å². The van der Waals surface area contributed by atoms with Gasteiger partial charge in [-0.1, -0.05) is 42.0 Å². The third kappa shape index (κ3) is 4.97. The summed E-state index contributed by atoms with van der Waals surface area (Å²) in [6.45, 7) is 5.98. The third-order valence-electron chi connectivity index (χ3n) is 7.35. The van der Waals surface area contributed by atoms with Crippen molar-refractivity contribution in [2.24, 2.45) is 5.73 Å². The molecule has 2 unspecified atom stereocenters. The predicted octanol–water partition coefficient (Wildman–Crippen LogP) is 4.43. The van der Waals surface area contributed by atoms with Crippen LogP contribution in [0.3, 0.4) is 0 Å². The monoisotopic (exact) mass is 514 g/mol. The van der Waals surface area contributed by atoms with Gasteiger partial charge in [-0.2, -0.15) is 0 Å². The van der Waals surface area contributed by atoms with Gasteiger partial charge in [0.05, 0.1) is 17.8 Å². The second-order valence-corrected chi connectivity index (χ2v) is 10.7. The minimum atomic E-state index is -1.38. The first-order chi connectivity index (χ1) is 18.1. The number of aliphatic hydroxyl groups is 2. The smallest absolute Gasteiger partial charge is 0.163 e. The molecule has 2 atom stereocenters. The summed E-state index contributed by atoms with van der Waals surface area (Å²) in [4.78, 5) is 18.1. The molecule has 1 aliphatic heterocycles. The molecule has 5 rings (SSSR count). The first kappa shape index (κ1) is 26.1. The standard InChI is InChI=1S/C31H34N2O5/c1-19-7-9-20(10-8-19)28-29-24(30(2,32)18-38-29)17-27(33-28)31(3,36)12-11-25(35)22-15-21-5-4-6-23(21)26(16-22)37-14-13-34/h4-5,7-10,15-17,34,36H,6,11-14,18,32H2,1-3H3. The summed E-state index contributed by atoms with van der Waals surface area (Å²) in [7, 11) is 0. The Balaban J connectivity index is 1.43. The maximum absolute atomic E-state index is 13.3. The van der Waals surface area contributed by atoms with Crippen molar-refractivity contribution >= 4 is 11.9 Å². The fourth-order valence-electron chi connectivity index (χ4n) is 5.00. The summed E-state index contributed by atoms with van der Waals surface area (Å²) in [5.74, 6) is 1.15. The number of aryl methyl sites for hydroxylation is 1. The predicted molar refractivity (Wildman–Crippen MR) is 146 cm³/mol. The normalized spacial score (nSPS) is 19.0. The molecule has 2 aromatic carbocycles. The Labute approximate surface area is 222 Å². The van der Waals surface area contributed by atoms with Crippen molar-refractivity contribution < 1.29 is 24.5 Å². The molecule has 0 radical (unpaired) electrons. The first-order valence-electron chi connectivity index (χ1n) is 13.0. The van der Waals surface area contributed by atoms with Crippen molar-refractivity contribution in [1.29, 1.82) is 0 Å². The van der Waals surface area contributed by atoms with Gasteiger partial charge < -0.3 is 25.4 Å². The summed E-state index contributed by atoms with van der Waals surface area (Å²) in [5.41, 5.74) is 10.8. The minimum Gasteiger partial charge on any atom is -0.491 e. The number of nitrogens with zero attached hydrogens (tertiary/aromatic N) is 1. The highest BCUT2D eigenvalue weighted by Gasteiger charge is 2.38. The number of fused-ring (bicyclic) bond motifs is 2. The van der Waals surface area contributed by atoms with Gasteiger partial charge in [-0.05, 0) is 57.4 Å². The second kappa shape index (κ2) is 9.98. The van der Waals surface area contributed by atoms with Crippen molar-refractivity contribution in [3.63, 3.8) is 0 Å². The Morgan fingerprint density at radius 1 is 1.24 bits per heavy atom. The van der Waals surface area contributed by atoms with Crippen LogP contribution in [0.2, 0.25) is 0 Å². The number of Topliss-reactive ketones (excluding diaryl/α,β-unsaturated/α-hetero) is 1. The average molecular weight is 515 g/mol. The van der Waals surface area contributed by atoms with Crippen LogP contribution in [0.1, 0.15) is 65.0 Å². The van der Waals surface area contributed by atoms with Gasteiger partial charge >= 0.3 is 0 Å². The van der Waals surface area contributed by atoms with E-state index in [1.165, 1.54) is 0 Å². The molecular weight excluding hydrogens is 480 g/mol. The van der Waals surface area contributed by atoms with Gasteiger partial charge in [-0.3, -0.25) is 4.79 Å². The van der Waals surface area contributed by atoms with Crippen LogP contribution in [0, 0.1) is 6.92 Å². The molecule has 3 aromatic rings. The Morgan fingerprint density at radius 2 is 2.00 bits per heavy atom. The van der Waals surface area contributed by atoms with E-state index in [0.29, 0.717) is 35.1 Å². The largest absolute Gasteiger partial charge is 0.491 e. The van der Waals surface area contributed by atoms with Crippen LogP contribution in [0.25, 0.3) is 17.3 Å². The zero-order chi connectivity index (χ0) is 27.1. The van der Waals surface area contributed by atoms with Crippen molar-refractivity contribution in [1.82, 2.24) is 4.98 Å². The van der Waals surface area contributed by atoms with Gasteiger partial charge in [-0.25, -0.2) is 4.98 Å². The zero-order valence-corrected chi connectivity index (χ0v) is 22.1. The molecule has 0 saturated heterocycles. The van der Waals surface area contributed by atoms with E-state index in [9.17, 15) is 15.0 Å². The molecule has 0 fully saturated rings. The van der Waals surface area contributed by atoms with Gasteiger partial charge in [0.15, 0.2) is 11.5 Å². The number of ketones is 1. The molecule has 0 amide bonds. The molecule has 7 heteroatoms. The van der Waals surface area contributed by atoms with E-state index in [1.807, 2.05) is 62.4 Å². The molecule has 0 saturated carbocycles. The lowest BCUT2D eigenvalue weighted by atomic mass is 9.87. The molecule has 0 bridgehead atoms. The number of hydrogen-bond donors (Lipinski definition) is 3. The van der Waals surface area contributed by atoms with Crippen LogP contribution in [0.5, 0.6) is 11.5 Å². The molecule has 4 N–H and O–H groups in total. The maximum Gasteiger partial charge on any atom is 0.163 e. The van der Waals surface area contributed by atoms with Gasteiger partial charge in [0.1, 0.15) is 30.3 Å². The highest BCUT2D eigenvalue weighted by molar-refractivity contribution is 5.97. The van der Waals surface area contributed by atoms with E-state index in [0.717, 1.165) is 34.2 Å². The van der Waals surface area contributed by atoms with E-state index in [1.54, 1.807) is 13.0 Å². The Bertz CT molecular complexity index is 1410. The highest BCUT2D eigenvalue weighted by atomic mass is 16.5. The number of aliphatic hydroxyl groups excluding tert-OH is 1. The second-order valence-electron chi connectivity index (χ2n) is 10.7. The SMILES string of the molecule is Cc1ccc(-c2nc(C(C)(O)CCC(=O)c3cc4c(c(OCCO)c3)CC=C4)cc3c2OCC3(C)N)cc1. The minimum absolute atomic E-state index is 0.103. The molecule has 38 heavy (non-hydrogen) atoms. The molecular formula is C31H34N2O5. The molecule has 0 spiro atoms. The van der Waals surface area contributed by atoms with E-state index in [2.05, 4.69) is 0 Å². The molecule has 198 valence electrons. The van der Waals surface area contributed by atoms with E-state index in [4.69, 9.17) is 20.2 Å². The van der Waals surface area contributed by atoms with Gasteiger partial charge in [0.25, 0.3) is 0 Å². The number of benzene rings is 2. The fraction of sp³-hybridized carbons (Fsp3) is 0.355. The summed E-state index contributed by atoms with van der Waals surface area (Å²) in [5, 5.41) is 20.7. The van der Waals surface area contributed by atoms with Crippen molar-refractivity contribution in [2.75, 3.05) is 19.8 Å². The highest BCUT2D eigenvalue weighted by Crippen LogP contribution is 2.44. The lowest BCUT2D eigenvalue weighted by Gasteiger charge is -2.25. The molecule has 1 aliphatic carbocycles. The van der Waals surface area contributed by atoms with Crippen molar-refractivity contribution in [3.8, 4) is 22.8 Å². The van der Waals surface area contributed by atoms with E-state index < -0.39 is 11.1 Å². The number of nitrogens with two attached hydrogens (primary N) is 1. The first-order valence-corrected chi connectivity index (χ1v) is 13.0. The van der Waals surface area contributed by atoms with Gasteiger partial charge in [0, 0.05) is 28.7 Å². The zero-order valence-electron chi connectivity index (χ0n) is 22.1. The topological polar surface area (TPSA) is 115 Å². The number of rotatable bonds is 9. The van der Waals surface area contributed by atoms with Crippen LogP contribution < -0.4 is 15.2 Å². The van der Waals surface area contributed by atoms with E-state index >= 15 is 0 Å². The van der Waals surface area contributed by atoms with E-state index in [-0.39, 0.29) is 31.8 Å². The lowest BCUT2D eigenvalue weighted by Crippen LogP contribution is -2.35.